The standard InChI is InChI=1S/C33H46FN3O6/c1-21-5-9-28(38)20-31(40)43-32(22(2)6-10-29(21)42-33(41)37-13-11-36(4)12-14-37)23(3)15-25-16-26(34)19-27(17-25)35-30(39)18-24-7-8-24/h6,10,15-17,19,21-22,24,28-29,32,38H,5,7-9,11-14,18,20H2,1-4H3,(H,35,39)/b10-6-,23-15+/t21-,22-,28+,29-,32-/m0/s1. The van der Waals surface area contributed by atoms with Crippen molar-refractivity contribution in [2.45, 2.75) is 77.6 Å². The Bertz CT molecular complexity index is 1210. The summed E-state index contributed by atoms with van der Waals surface area (Å²) in [7, 11) is 2.02. The quantitative estimate of drug-likeness (QED) is 0.350. The van der Waals surface area contributed by atoms with E-state index in [9.17, 15) is 23.9 Å². The van der Waals surface area contributed by atoms with Crippen molar-refractivity contribution in [3.8, 4) is 0 Å². The lowest BCUT2D eigenvalue weighted by molar-refractivity contribution is -0.151. The summed E-state index contributed by atoms with van der Waals surface area (Å²) in [4.78, 5) is 42.0. The van der Waals surface area contributed by atoms with E-state index in [0.717, 1.165) is 25.9 Å². The summed E-state index contributed by atoms with van der Waals surface area (Å²) in [6.07, 6.45) is 6.28. The first-order valence-electron chi connectivity index (χ1n) is 15.5. The average molecular weight is 600 g/mol. The van der Waals surface area contributed by atoms with Crippen LogP contribution in [0.3, 0.4) is 0 Å². The van der Waals surface area contributed by atoms with E-state index in [1.54, 1.807) is 24.0 Å². The van der Waals surface area contributed by atoms with E-state index < -0.39 is 30.1 Å². The topological polar surface area (TPSA) is 108 Å². The molecule has 0 aromatic heterocycles. The molecule has 1 aromatic rings. The Balaban J connectivity index is 1.53. The lowest BCUT2D eigenvalue weighted by Gasteiger charge is -2.33. The SMILES string of the molecule is C/C(=C\c1cc(F)cc(NC(=O)CC2CC2)c1)[C@H]1OC(=O)C[C@H](O)CC[C@H](C)[C@@H](OC(=O)N2CCN(C)CC2)/C=C\[C@@H]1C. The molecule has 1 saturated heterocycles. The molecular formula is C33H46FN3O6. The number of aliphatic hydroxyl groups is 1. The average Bonchev–Trinajstić information content (AvgIpc) is 3.75. The monoisotopic (exact) mass is 599 g/mol. The molecule has 0 spiro atoms. The number of benzene rings is 1. The number of carbonyl (C=O) groups excluding carboxylic acids is 3. The maximum absolute atomic E-state index is 14.5. The van der Waals surface area contributed by atoms with Crippen LogP contribution in [0.5, 0.6) is 0 Å². The maximum atomic E-state index is 14.5. The molecule has 1 aliphatic carbocycles. The molecule has 2 aliphatic heterocycles. The number of hydrogen-bond acceptors (Lipinski definition) is 7. The first kappa shape index (κ1) is 32.7. The van der Waals surface area contributed by atoms with Crippen molar-refractivity contribution in [2.24, 2.45) is 17.8 Å². The van der Waals surface area contributed by atoms with Crippen LogP contribution in [-0.4, -0.2) is 84.4 Å². The zero-order chi connectivity index (χ0) is 31.1. The van der Waals surface area contributed by atoms with Crippen LogP contribution >= 0.6 is 0 Å². The van der Waals surface area contributed by atoms with Gasteiger partial charge in [-0.2, -0.15) is 0 Å². The maximum Gasteiger partial charge on any atom is 0.410 e. The lowest BCUT2D eigenvalue weighted by atomic mass is 9.91. The second-order valence-electron chi connectivity index (χ2n) is 12.6. The number of aliphatic hydroxyl groups excluding tert-OH is 1. The van der Waals surface area contributed by atoms with Gasteiger partial charge in [0.1, 0.15) is 18.0 Å². The zero-order valence-corrected chi connectivity index (χ0v) is 25.8. The molecule has 0 radical (unpaired) electrons. The number of cyclic esters (lactones) is 1. The van der Waals surface area contributed by atoms with Crippen molar-refractivity contribution in [1.29, 1.82) is 0 Å². The Morgan fingerprint density at radius 3 is 2.51 bits per heavy atom. The number of rotatable bonds is 6. The van der Waals surface area contributed by atoms with Crippen LogP contribution in [-0.2, 0) is 19.1 Å². The summed E-state index contributed by atoms with van der Waals surface area (Å²) in [6, 6.07) is 4.33. The number of anilines is 1. The van der Waals surface area contributed by atoms with Gasteiger partial charge in [-0.25, -0.2) is 9.18 Å². The third kappa shape index (κ3) is 10.2. The highest BCUT2D eigenvalue weighted by Gasteiger charge is 2.29. The highest BCUT2D eigenvalue weighted by atomic mass is 19.1. The van der Waals surface area contributed by atoms with Gasteiger partial charge in [0.05, 0.1) is 12.5 Å². The summed E-state index contributed by atoms with van der Waals surface area (Å²) in [6.45, 7) is 8.44. The van der Waals surface area contributed by atoms with Gasteiger partial charge in [0, 0.05) is 44.2 Å². The molecule has 10 heteroatoms. The molecule has 5 atom stereocenters. The van der Waals surface area contributed by atoms with E-state index in [-0.39, 0.29) is 30.3 Å². The number of amides is 2. The van der Waals surface area contributed by atoms with E-state index in [1.807, 2.05) is 33.0 Å². The highest BCUT2D eigenvalue weighted by molar-refractivity contribution is 5.91. The second kappa shape index (κ2) is 15.0. The summed E-state index contributed by atoms with van der Waals surface area (Å²) in [5, 5.41) is 13.4. The fraction of sp³-hybridized carbons (Fsp3) is 0.606. The Morgan fingerprint density at radius 2 is 1.81 bits per heavy atom. The van der Waals surface area contributed by atoms with Crippen LogP contribution in [0.4, 0.5) is 14.9 Å². The molecular weight excluding hydrogens is 553 g/mol. The first-order valence-corrected chi connectivity index (χ1v) is 15.5. The molecule has 43 heavy (non-hydrogen) atoms. The van der Waals surface area contributed by atoms with Crippen molar-refractivity contribution in [1.82, 2.24) is 9.80 Å². The number of esters is 1. The molecule has 2 heterocycles. The molecule has 236 valence electrons. The molecule has 9 nitrogen and oxygen atoms in total. The van der Waals surface area contributed by atoms with Gasteiger partial charge in [0.15, 0.2) is 0 Å². The van der Waals surface area contributed by atoms with Crippen LogP contribution in [0, 0.1) is 23.6 Å². The summed E-state index contributed by atoms with van der Waals surface area (Å²) in [5.41, 5.74) is 1.55. The van der Waals surface area contributed by atoms with E-state index in [4.69, 9.17) is 9.47 Å². The van der Waals surface area contributed by atoms with Crippen molar-refractivity contribution in [2.75, 3.05) is 38.5 Å². The first-order chi connectivity index (χ1) is 20.5. The van der Waals surface area contributed by atoms with Gasteiger partial charge >= 0.3 is 12.1 Å². The van der Waals surface area contributed by atoms with Gasteiger partial charge in [0.25, 0.3) is 0 Å². The summed E-state index contributed by atoms with van der Waals surface area (Å²) in [5.74, 6) is -1.14. The van der Waals surface area contributed by atoms with Gasteiger partial charge in [-0.3, -0.25) is 9.59 Å². The summed E-state index contributed by atoms with van der Waals surface area (Å²) < 4.78 is 26.3. The minimum absolute atomic E-state index is 0.0825. The van der Waals surface area contributed by atoms with Gasteiger partial charge < -0.3 is 29.7 Å². The summed E-state index contributed by atoms with van der Waals surface area (Å²) >= 11 is 0. The Morgan fingerprint density at radius 1 is 1.09 bits per heavy atom. The zero-order valence-electron chi connectivity index (χ0n) is 25.8. The number of likely N-dealkylation sites (N-methyl/N-ethyl adjacent to an activating group) is 1. The molecule has 2 N–H and O–H groups in total. The number of nitrogens with one attached hydrogen (secondary N) is 1. The normalized spacial score (nSPS) is 28.7. The predicted molar refractivity (Wildman–Crippen MR) is 163 cm³/mol. The number of halogens is 1. The molecule has 2 fully saturated rings. The number of piperazine rings is 1. The number of nitrogens with zero attached hydrogens (tertiary/aromatic N) is 2. The van der Waals surface area contributed by atoms with E-state index in [2.05, 4.69) is 10.2 Å². The molecule has 3 aliphatic rings. The largest absolute Gasteiger partial charge is 0.457 e. The molecule has 0 bridgehead atoms. The van der Waals surface area contributed by atoms with Crippen LogP contribution in [0.15, 0.2) is 35.9 Å². The fourth-order valence-corrected chi connectivity index (χ4v) is 5.54. The van der Waals surface area contributed by atoms with E-state index >= 15 is 0 Å². The highest BCUT2D eigenvalue weighted by Crippen LogP contribution is 2.33. The van der Waals surface area contributed by atoms with Crippen molar-refractivity contribution < 1.29 is 33.4 Å². The van der Waals surface area contributed by atoms with Gasteiger partial charge in [0.2, 0.25) is 5.91 Å². The van der Waals surface area contributed by atoms with E-state index in [0.29, 0.717) is 55.1 Å². The molecule has 4 rings (SSSR count). The van der Waals surface area contributed by atoms with Crippen molar-refractivity contribution >= 4 is 29.7 Å². The number of carbonyl (C=O) groups is 3. The minimum Gasteiger partial charge on any atom is -0.457 e. The minimum atomic E-state index is -0.891. The number of hydrogen-bond donors (Lipinski definition) is 2. The Labute approximate surface area is 254 Å². The van der Waals surface area contributed by atoms with Crippen LogP contribution < -0.4 is 5.32 Å². The van der Waals surface area contributed by atoms with Crippen molar-refractivity contribution in [3.05, 3.63) is 47.3 Å². The van der Waals surface area contributed by atoms with Gasteiger partial charge in [-0.1, -0.05) is 26.0 Å². The third-order valence-electron chi connectivity index (χ3n) is 8.48. The number of ether oxygens (including phenoxy) is 2. The lowest BCUT2D eigenvalue weighted by Crippen LogP contribution is -2.48. The fourth-order valence-electron chi connectivity index (χ4n) is 5.54. The molecule has 0 unspecified atom stereocenters. The Hall–Kier alpha value is -3.24. The molecule has 1 saturated carbocycles. The van der Waals surface area contributed by atoms with E-state index in [1.165, 1.54) is 12.1 Å². The molecule has 1 aromatic carbocycles. The van der Waals surface area contributed by atoms with Gasteiger partial charge in [-0.05, 0) is 86.9 Å². The second-order valence-corrected chi connectivity index (χ2v) is 12.6. The van der Waals surface area contributed by atoms with Crippen LogP contribution in [0.1, 0.15) is 64.9 Å². The predicted octanol–water partition coefficient (Wildman–Crippen LogP) is 5.01. The van der Waals surface area contributed by atoms with Gasteiger partial charge in [-0.15, -0.1) is 0 Å². The van der Waals surface area contributed by atoms with Crippen LogP contribution in [0.2, 0.25) is 0 Å². The van der Waals surface area contributed by atoms with Crippen molar-refractivity contribution in [3.63, 3.8) is 0 Å². The third-order valence-corrected chi connectivity index (χ3v) is 8.48. The Kier molecular flexibility index (Phi) is 11.4. The molecule has 2 amide bonds. The van der Waals surface area contributed by atoms with Crippen LogP contribution in [0.25, 0.3) is 6.08 Å². The smallest absolute Gasteiger partial charge is 0.410 e.